The van der Waals surface area contributed by atoms with Crippen molar-refractivity contribution in [1.29, 1.82) is 0 Å². The Balaban J connectivity index is 1.45. The van der Waals surface area contributed by atoms with E-state index >= 15 is 0 Å². The van der Waals surface area contributed by atoms with E-state index in [2.05, 4.69) is 25.3 Å². The Morgan fingerprint density at radius 2 is 1.87 bits per heavy atom. The van der Waals surface area contributed by atoms with Crippen LogP contribution in [0.4, 0.5) is 15.8 Å². The molecule has 1 N–H and O–H groups in total. The molecule has 0 atom stereocenters. The number of benzene rings is 1. The summed E-state index contributed by atoms with van der Waals surface area (Å²) in [6.07, 6.45) is 6.88. The summed E-state index contributed by atoms with van der Waals surface area (Å²) in [5.41, 5.74) is 4.01. The van der Waals surface area contributed by atoms with Gasteiger partial charge in [0.05, 0.1) is 35.0 Å². The van der Waals surface area contributed by atoms with Gasteiger partial charge >= 0.3 is 0 Å². The molecule has 5 rings (SSSR count). The summed E-state index contributed by atoms with van der Waals surface area (Å²) in [4.78, 5) is 24.0. The van der Waals surface area contributed by atoms with E-state index in [1.54, 1.807) is 35.4 Å². The quantitative estimate of drug-likeness (QED) is 0.545. The SMILES string of the molecule is O=C(Nc1cnccc1N1CCC(F)CC1)c1ccnn2cc(-c3ccccc3)nc12. The van der Waals surface area contributed by atoms with E-state index in [1.807, 2.05) is 36.4 Å². The highest BCUT2D eigenvalue weighted by molar-refractivity contribution is 6.09. The van der Waals surface area contributed by atoms with Gasteiger partial charge in [-0.25, -0.2) is 13.9 Å². The normalized spacial score (nSPS) is 14.7. The third-order valence-electron chi connectivity index (χ3n) is 5.49. The second kappa shape index (κ2) is 8.14. The Kier molecular flexibility index (Phi) is 5.03. The number of pyridine rings is 1. The van der Waals surface area contributed by atoms with Gasteiger partial charge in [-0.2, -0.15) is 5.10 Å². The lowest BCUT2D eigenvalue weighted by Gasteiger charge is -2.31. The fourth-order valence-electron chi connectivity index (χ4n) is 3.86. The molecule has 7 nitrogen and oxygen atoms in total. The number of hydrogen-bond acceptors (Lipinski definition) is 5. The number of imidazole rings is 1. The first kappa shape index (κ1) is 19.2. The molecule has 1 fully saturated rings. The van der Waals surface area contributed by atoms with Crippen LogP contribution in [0.15, 0.2) is 67.3 Å². The van der Waals surface area contributed by atoms with Crippen LogP contribution in [0.1, 0.15) is 23.2 Å². The van der Waals surface area contributed by atoms with E-state index < -0.39 is 6.17 Å². The van der Waals surface area contributed by atoms with Crippen molar-refractivity contribution in [2.75, 3.05) is 23.3 Å². The zero-order valence-electron chi connectivity index (χ0n) is 16.8. The maximum Gasteiger partial charge on any atom is 0.259 e. The van der Waals surface area contributed by atoms with Gasteiger partial charge in [0.25, 0.3) is 5.91 Å². The first-order valence-corrected chi connectivity index (χ1v) is 10.2. The number of aromatic nitrogens is 4. The largest absolute Gasteiger partial charge is 0.370 e. The topological polar surface area (TPSA) is 75.4 Å². The highest BCUT2D eigenvalue weighted by atomic mass is 19.1. The van der Waals surface area contributed by atoms with Gasteiger partial charge in [0.1, 0.15) is 6.17 Å². The minimum atomic E-state index is -0.763. The Morgan fingerprint density at radius 3 is 2.68 bits per heavy atom. The van der Waals surface area contributed by atoms with Crippen LogP contribution in [-0.4, -0.2) is 44.8 Å². The monoisotopic (exact) mass is 416 g/mol. The van der Waals surface area contributed by atoms with Gasteiger partial charge in [-0.1, -0.05) is 30.3 Å². The van der Waals surface area contributed by atoms with Crippen molar-refractivity contribution in [3.05, 3.63) is 72.8 Å². The van der Waals surface area contributed by atoms with Crippen LogP contribution in [-0.2, 0) is 0 Å². The molecule has 8 heteroatoms. The number of halogens is 1. The number of carbonyl (C=O) groups excluding carboxylic acids is 1. The first-order valence-electron chi connectivity index (χ1n) is 10.2. The van der Waals surface area contributed by atoms with Crippen LogP contribution in [0.2, 0.25) is 0 Å². The van der Waals surface area contributed by atoms with Gasteiger partial charge in [0, 0.05) is 31.0 Å². The molecule has 0 unspecified atom stereocenters. The van der Waals surface area contributed by atoms with Crippen molar-refractivity contribution in [3.8, 4) is 11.3 Å². The number of amides is 1. The van der Waals surface area contributed by atoms with Crippen LogP contribution in [0.5, 0.6) is 0 Å². The summed E-state index contributed by atoms with van der Waals surface area (Å²) in [7, 11) is 0. The smallest absolute Gasteiger partial charge is 0.259 e. The predicted molar refractivity (Wildman–Crippen MR) is 117 cm³/mol. The molecule has 0 bridgehead atoms. The molecule has 0 saturated carbocycles. The highest BCUT2D eigenvalue weighted by Crippen LogP contribution is 2.29. The summed E-state index contributed by atoms with van der Waals surface area (Å²) in [5.74, 6) is -0.299. The Morgan fingerprint density at radius 1 is 1.06 bits per heavy atom. The lowest BCUT2D eigenvalue weighted by Crippen LogP contribution is -2.35. The number of anilines is 2. The fourth-order valence-corrected chi connectivity index (χ4v) is 3.86. The van der Waals surface area contributed by atoms with Gasteiger partial charge in [-0.3, -0.25) is 9.78 Å². The van der Waals surface area contributed by atoms with Gasteiger partial charge in [0.2, 0.25) is 0 Å². The third-order valence-corrected chi connectivity index (χ3v) is 5.49. The molecule has 1 aromatic carbocycles. The van der Waals surface area contributed by atoms with E-state index in [1.165, 1.54) is 0 Å². The highest BCUT2D eigenvalue weighted by Gasteiger charge is 2.22. The summed E-state index contributed by atoms with van der Waals surface area (Å²) < 4.78 is 15.2. The standard InChI is InChI=1S/C23H21FN6O/c24-17-8-12-29(13-9-17)21-7-10-25-14-19(21)28-23(31)18-6-11-26-30-15-20(27-22(18)30)16-4-2-1-3-5-16/h1-7,10-11,14-15,17H,8-9,12-13H2,(H,28,31). The number of nitrogens with zero attached hydrogens (tertiary/aromatic N) is 5. The number of hydrogen-bond donors (Lipinski definition) is 1. The molecule has 3 aromatic heterocycles. The third kappa shape index (κ3) is 3.84. The minimum Gasteiger partial charge on any atom is -0.370 e. The molecule has 0 aliphatic carbocycles. The van der Waals surface area contributed by atoms with Crippen molar-refractivity contribution in [2.45, 2.75) is 19.0 Å². The Labute approximate surface area is 178 Å². The van der Waals surface area contributed by atoms with Gasteiger partial charge in [0.15, 0.2) is 5.65 Å². The average Bonchev–Trinajstić information content (AvgIpc) is 3.25. The van der Waals surface area contributed by atoms with Crippen LogP contribution >= 0.6 is 0 Å². The van der Waals surface area contributed by atoms with E-state index in [0.717, 1.165) is 16.9 Å². The van der Waals surface area contributed by atoms with Crippen LogP contribution < -0.4 is 10.2 Å². The van der Waals surface area contributed by atoms with Crippen molar-refractivity contribution in [1.82, 2.24) is 19.6 Å². The number of fused-ring (bicyclic) bond motifs is 1. The Hall–Kier alpha value is -3.81. The lowest BCUT2D eigenvalue weighted by atomic mass is 10.1. The van der Waals surface area contributed by atoms with Crippen molar-refractivity contribution < 1.29 is 9.18 Å². The molecule has 1 amide bonds. The molecule has 4 aromatic rings. The zero-order valence-corrected chi connectivity index (χ0v) is 16.8. The molecule has 1 aliphatic heterocycles. The van der Waals surface area contributed by atoms with Crippen LogP contribution in [0.3, 0.4) is 0 Å². The molecule has 0 radical (unpaired) electrons. The lowest BCUT2D eigenvalue weighted by molar-refractivity contribution is 0.102. The molecule has 156 valence electrons. The molecular formula is C23H21FN6O. The molecule has 31 heavy (non-hydrogen) atoms. The van der Waals surface area contributed by atoms with Crippen molar-refractivity contribution in [3.63, 3.8) is 0 Å². The van der Waals surface area contributed by atoms with Gasteiger partial charge < -0.3 is 10.2 Å². The number of rotatable bonds is 4. The van der Waals surface area contributed by atoms with E-state index in [9.17, 15) is 9.18 Å². The van der Waals surface area contributed by atoms with Crippen LogP contribution in [0.25, 0.3) is 16.9 Å². The van der Waals surface area contributed by atoms with Crippen molar-refractivity contribution in [2.24, 2.45) is 0 Å². The molecule has 4 heterocycles. The van der Waals surface area contributed by atoms with Crippen LogP contribution in [0, 0.1) is 0 Å². The van der Waals surface area contributed by atoms with E-state index in [-0.39, 0.29) is 5.91 Å². The molecule has 1 aliphatic rings. The van der Waals surface area contributed by atoms with Gasteiger partial charge in [-0.15, -0.1) is 0 Å². The van der Waals surface area contributed by atoms with Gasteiger partial charge in [-0.05, 0) is 25.0 Å². The molecule has 1 saturated heterocycles. The zero-order chi connectivity index (χ0) is 21.2. The summed E-state index contributed by atoms with van der Waals surface area (Å²) >= 11 is 0. The number of nitrogens with one attached hydrogen (secondary N) is 1. The fraction of sp³-hybridized carbons (Fsp3) is 0.217. The summed E-state index contributed by atoms with van der Waals surface area (Å²) in [5, 5.41) is 7.25. The Bertz CT molecular complexity index is 1220. The second-order valence-corrected chi connectivity index (χ2v) is 7.51. The second-order valence-electron chi connectivity index (χ2n) is 7.51. The maximum absolute atomic E-state index is 13.6. The summed E-state index contributed by atoms with van der Waals surface area (Å²) in [6.45, 7) is 1.21. The average molecular weight is 416 g/mol. The maximum atomic E-state index is 13.6. The van der Waals surface area contributed by atoms with E-state index in [0.29, 0.717) is 42.8 Å². The molecule has 0 spiro atoms. The number of alkyl halides is 1. The minimum absolute atomic E-state index is 0.299. The molecular weight excluding hydrogens is 395 g/mol. The first-order chi connectivity index (χ1) is 15.2. The summed E-state index contributed by atoms with van der Waals surface area (Å²) in [6, 6.07) is 13.2. The van der Waals surface area contributed by atoms with E-state index in [4.69, 9.17) is 0 Å². The number of piperidine rings is 1. The van der Waals surface area contributed by atoms with Crippen molar-refractivity contribution >= 4 is 22.9 Å². The number of carbonyl (C=O) groups is 1. The predicted octanol–water partition coefficient (Wildman–Crippen LogP) is 3.98.